The molecule has 0 aliphatic carbocycles. The van der Waals surface area contributed by atoms with Crippen LogP contribution in [0.15, 0.2) is 0 Å². The van der Waals surface area contributed by atoms with E-state index < -0.39 is 0 Å². The molecule has 14 heavy (non-hydrogen) atoms. The van der Waals surface area contributed by atoms with Gasteiger partial charge in [0.05, 0.1) is 0 Å². The Kier molecular flexibility index (Phi) is 4.26. The van der Waals surface area contributed by atoms with Crippen LogP contribution in [0.3, 0.4) is 0 Å². The van der Waals surface area contributed by atoms with Crippen LogP contribution in [-0.4, -0.2) is 29.5 Å². The van der Waals surface area contributed by atoms with Crippen molar-refractivity contribution >= 4 is 17.7 Å². The van der Waals surface area contributed by atoms with Crippen LogP contribution in [0.4, 0.5) is 0 Å². The summed E-state index contributed by atoms with van der Waals surface area (Å²) < 4.78 is 0.254. The Balaban J connectivity index is 2.29. The van der Waals surface area contributed by atoms with Crippen LogP contribution in [0.2, 0.25) is 0 Å². The molecule has 0 aromatic carbocycles. The van der Waals surface area contributed by atoms with Crippen LogP contribution >= 0.6 is 11.8 Å². The first-order valence-corrected chi connectivity index (χ1v) is 6.18. The van der Waals surface area contributed by atoms with Gasteiger partial charge in [-0.05, 0) is 25.5 Å². The lowest BCUT2D eigenvalue weighted by Crippen LogP contribution is -2.40. The Hall–Kier alpha value is -0.220. The van der Waals surface area contributed by atoms with Gasteiger partial charge in [-0.25, -0.2) is 0 Å². The number of carbonyl (C=O) groups is 1. The van der Waals surface area contributed by atoms with Gasteiger partial charge in [-0.15, -0.1) is 0 Å². The van der Waals surface area contributed by atoms with Gasteiger partial charge in [0.2, 0.25) is 5.91 Å². The second kappa shape index (κ2) is 5.03. The zero-order valence-corrected chi connectivity index (χ0v) is 9.82. The minimum Gasteiger partial charge on any atom is -0.354 e. The number of thioether (sulfide) groups is 1. The fourth-order valence-electron chi connectivity index (χ4n) is 1.53. The van der Waals surface area contributed by atoms with Crippen LogP contribution in [0.1, 0.15) is 26.7 Å². The van der Waals surface area contributed by atoms with Gasteiger partial charge < -0.3 is 11.1 Å². The smallest absolute Gasteiger partial charge is 0.224 e. The molecule has 1 aliphatic rings. The minimum absolute atomic E-state index is 0.0648. The maximum absolute atomic E-state index is 11.5. The van der Waals surface area contributed by atoms with Gasteiger partial charge in [-0.1, -0.05) is 6.92 Å². The second-order valence-electron chi connectivity index (χ2n) is 4.26. The normalized spacial score (nSPS) is 28.8. The first-order valence-electron chi connectivity index (χ1n) is 5.19. The van der Waals surface area contributed by atoms with Crippen molar-refractivity contribution in [3.63, 3.8) is 0 Å². The topological polar surface area (TPSA) is 55.1 Å². The van der Waals surface area contributed by atoms with E-state index in [9.17, 15) is 4.79 Å². The molecule has 2 atom stereocenters. The fraction of sp³-hybridized carbons (Fsp3) is 0.900. The van der Waals surface area contributed by atoms with Gasteiger partial charge in [0, 0.05) is 23.8 Å². The van der Waals surface area contributed by atoms with Crippen molar-refractivity contribution in [1.82, 2.24) is 5.32 Å². The summed E-state index contributed by atoms with van der Waals surface area (Å²) in [6.45, 7) is 5.29. The molecule has 1 saturated heterocycles. The summed E-state index contributed by atoms with van der Waals surface area (Å²) in [6, 6.07) is 0. The highest BCUT2D eigenvalue weighted by Gasteiger charge is 2.30. The molecule has 0 spiro atoms. The van der Waals surface area contributed by atoms with Crippen molar-refractivity contribution in [3.8, 4) is 0 Å². The van der Waals surface area contributed by atoms with E-state index in [1.165, 1.54) is 18.6 Å². The largest absolute Gasteiger partial charge is 0.354 e. The van der Waals surface area contributed by atoms with Gasteiger partial charge in [0.1, 0.15) is 0 Å². The molecule has 1 fully saturated rings. The van der Waals surface area contributed by atoms with Crippen LogP contribution in [0, 0.1) is 5.92 Å². The lowest BCUT2D eigenvalue weighted by Gasteiger charge is -2.23. The summed E-state index contributed by atoms with van der Waals surface area (Å²) in [5.41, 5.74) is 5.42. The van der Waals surface area contributed by atoms with E-state index in [-0.39, 0.29) is 16.6 Å². The number of nitrogens with one attached hydrogen (secondary N) is 1. The third kappa shape index (κ3) is 3.17. The number of hydrogen-bond donors (Lipinski definition) is 2. The zero-order valence-electron chi connectivity index (χ0n) is 9.01. The first-order chi connectivity index (χ1) is 6.57. The fourth-order valence-corrected chi connectivity index (χ4v) is 2.78. The van der Waals surface area contributed by atoms with Gasteiger partial charge in [-0.2, -0.15) is 11.8 Å². The highest BCUT2D eigenvalue weighted by molar-refractivity contribution is 8.00. The molecule has 0 radical (unpaired) electrons. The molecule has 82 valence electrons. The number of carbonyl (C=O) groups excluding carboxylic acids is 1. The molecule has 0 bridgehead atoms. The Morgan fingerprint density at radius 2 is 2.43 bits per heavy atom. The summed E-state index contributed by atoms with van der Waals surface area (Å²) >= 11 is 1.96. The molecule has 3 N–H and O–H groups in total. The van der Waals surface area contributed by atoms with Crippen molar-refractivity contribution in [1.29, 1.82) is 0 Å². The Bertz CT molecular complexity index is 202. The molecule has 1 rings (SSSR count). The van der Waals surface area contributed by atoms with E-state index in [0.29, 0.717) is 6.54 Å². The van der Waals surface area contributed by atoms with E-state index in [2.05, 4.69) is 12.2 Å². The minimum atomic E-state index is -0.0648. The van der Waals surface area contributed by atoms with Crippen molar-refractivity contribution in [2.45, 2.75) is 31.4 Å². The van der Waals surface area contributed by atoms with Gasteiger partial charge in [0.25, 0.3) is 0 Å². The lowest BCUT2D eigenvalue weighted by molar-refractivity contribution is -0.124. The molecular weight excluding hydrogens is 196 g/mol. The highest BCUT2D eigenvalue weighted by atomic mass is 32.2. The Labute approximate surface area is 90.2 Å². The molecule has 1 amide bonds. The molecule has 0 aromatic heterocycles. The standard InChI is InChI=1S/C10H20N2OS/c1-8(6-11)9(13)12-7-10(2)4-3-5-14-10/h8H,3-7,11H2,1-2H3,(H,12,13). The summed E-state index contributed by atoms with van der Waals surface area (Å²) in [5, 5.41) is 2.98. The third-order valence-corrected chi connectivity index (χ3v) is 4.28. The molecule has 4 heteroatoms. The molecule has 0 saturated carbocycles. The monoisotopic (exact) mass is 216 g/mol. The van der Waals surface area contributed by atoms with E-state index in [1.54, 1.807) is 0 Å². The van der Waals surface area contributed by atoms with E-state index in [1.807, 2.05) is 18.7 Å². The average Bonchev–Trinajstić information content (AvgIpc) is 2.61. The van der Waals surface area contributed by atoms with E-state index in [0.717, 1.165) is 6.54 Å². The van der Waals surface area contributed by atoms with Crippen LogP contribution in [-0.2, 0) is 4.79 Å². The van der Waals surface area contributed by atoms with E-state index >= 15 is 0 Å². The Morgan fingerprint density at radius 1 is 1.71 bits per heavy atom. The van der Waals surface area contributed by atoms with Gasteiger partial charge >= 0.3 is 0 Å². The van der Waals surface area contributed by atoms with Gasteiger partial charge in [0.15, 0.2) is 0 Å². The van der Waals surface area contributed by atoms with Crippen molar-refractivity contribution in [2.24, 2.45) is 11.7 Å². The molecule has 1 aliphatic heterocycles. The zero-order chi connectivity index (χ0) is 10.6. The highest BCUT2D eigenvalue weighted by Crippen LogP contribution is 2.36. The maximum atomic E-state index is 11.5. The Morgan fingerprint density at radius 3 is 2.93 bits per heavy atom. The van der Waals surface area contributed by atoms with E-state index in [4.69, 9.17) is 5.73 Å². The van der Waals surface area contributed by atoms with Gasteiger partial charge in [-0.3, -0.25) is 4.79 Å². The third-order valence-electron chi connectivity index (χ3n) is 2.74. The van der Waals surface area contributed by atoms with Crippen LogP contribution in [0.5, 0.6) is 0 Å². The quantitative estimate of drug-likeness (QED) is 0.736. The lowest BCUT2D eigenvalue weighted by atomic mass is 10.1. The average molecular weight is 216 g/mol. The molecule has 3 nitrogen and oxygen atoms in total. The SMILES string of the molecule is CC(CN)C(=O)NCC1(C)CCCS1. The summed E-state index contributed by atoms with van der Waals surface area (Å²) in [7, 11) is 0. The molecule has 1 heterocycles. The van der Waals surface area contributed by atoms with Crippen molar-refractivity contribution in [3.05, 3.63) is 0 Å². The predicted octanol–water partition coefficient (Wildman–Crippen LogP) is 0.983. The number of hydrogen-bond acceptors (Lipinski definition) is 3. The number of amides is 1. The summed E-state index contributed by atoms with van der Waals surface area (Å²) in [5.74, 6) is 1.24. The van der Waals surface area contributed by atoms with Crippen molar-refractivity contribution in [2.75, 3.05) is 18.8 Å². The van der Waals surface area contributed by atoms with Crippen LogP contribution < -0.4 is 11.1 Å². The predicted molar refractivity (Wildman–Crippen MR) is 61.3 cm³/mol. The summed E-state index contributed by atoms with van der Waals surface area (Å²) in [4.78, 5) is 11.5. The van der Waals surface area contributed by atoms with Crippen molar-refractivity contribution < 1.29 is 4.79 Å². The molecule has 2 unspecified atom stereocenters. The first kappa shape index (κ1) is 11.9. The maximum Gasteiger partial charge on any atom is 0.224 e. The number of nitrogens with two attached hydrogens (primary N) is 1. The number of rotatable bonds is 4. The molecule has 0 aromatic rings. The second-order valence-corrected chi connectivity index (χ2v) is 5.94. The molecular formula is C10H20N2OS. The van der Waals surface area contributed by atoms with Crippen LogP contribution in [0.25, 0.3) is 0 Å². The summed E-state index contributed by atoms with van der Waals surface area (Å²) in [6.07, 6.45) is 2.47.